The molecule has 0 N–H and O–H groups in total. The average Bonchev–Trinajstić information content (AvgIpc) is 2.75. The van der Waals surface area contributed by atoms with Gasteiger partial charge in [-0.15, -0.1) is 0 Å². The van der Waals surface area contributed by atoms with Crippen molar-refractivity contribution in [3.63, 3.8) is 0 Å². The third-order valence-corrected chi connectivity index (χ3v) is 4.70. The molecule has 0 aromatic rings. The number of hydrogen-bond donors (Lipinski definition) is 0. The number of rotatable bonds is 5. The lowest BCUT2D eigenvalue weighted by atomic mass is 9.96. The standard InChI is InChI=1S/C17H29N/c1-14(2)18(12-16-9-5-4-6-10-16)13-17-11-7-8-15(17)3/h5,9-10,14-15,17H,4,6-8,11-13H2,1-3H3/t15-,17-/m1/s1. The molecule has 0 saturated heterocycles. The Bertz CT molecular complexity index is 314. The van der Waals surface area contributed by atoms with E-state index >= 15 is 0 Å². The van der Waals surface area contributed by atoms with Crippen LogP contribution in [0.25, 0.3) is 0 Å². The van der Waals surface area contributed by atoms with Crippen LogP contribution in [0, 0.1) is 11.8 Å². The molecule has 0 aliphatic heterocycles. The van der Waals surface area contributed by atoms with E-state index in [0.29, 0.717) is 6.04 Å². The molecule has 0 unspecified atom stereocenters. The molecule has 1 heteroatoms. The van der Waals surface area contributed by atoms with E-state index in [4.69, 9.17) is 0 Å². The second kappa shape index (κ2) is 6.56. The fraction of sp³-hybridized carbons (Fsp3) is 0.765. The van der Waals surface area contributed by atoms with Crippen molar-refractivity contribution in [3.05, 3.63) is 23.8 Å². The molecular weight excluding hydrogens is 218 g/mol. The van der Waals surface area contributed by atoms with Crippen molar-refractivity contribution in [2.24, 2.45) is 11.8 Å². The molecule has 0 amide bonds. The minimum Gasteiger partial charge on any atom is -0.296 e. The van der Waals surface area contributed by atoms with E-state index in [1.807, 2.05) is 0 Å². The molecular formula is C17H29N. The first-order valence-corrected chi connectivity index (χ1v) is 7.76. The monoisotopic (exact) mass is 247 g/mol. The van der Waals surface area contributed by atoms with E-state index in [0.717, 1.165) is 18.4 Å². The van der Waals surface area contributed by atoms with Crippen LogP contribution < -0.4 is 0 Å². The highest BCUT2D eigenvalue weighted by molar-refractivity contribution is 5.23. The summed E-state index contributed by atoms with van der Waals surface area (Å²) in [6.45, 7) is 9.57. The first kappa shape index (κ1) is 13.9. The molecule has 0 radical (unpaired) electrons. The Morgan fingerprint density at radius 1 is 1.28 bits per heavy atom. The lowest BCUT2D eigenvalue weighted by Gasteiger charge is -2.31. The zero-order valence-electron chi connectivity index (χ0n) is 12.4. The Morgan fingerprint density at radius 2 is 2.11 bits per heavy atom. The molecule has 2 aliphatic carbocycles. The number of allylic oxidation sites excluding steroid dienone is 2. The van der Waals surface area contributed by atoms with E-state index < -0.39 is 0 Å². The predicted octanol–water partition coefficient (Wildman–Crippen LogP) is 4.41. The number of hydrogen-bond acceptors (Lipinski definition) is 1. The minimum atomic E-state index is 0.661. The quantitative estimate of drug-likeness (QED) is 0.695. The van der Waals surface area contributed by atoms with Crippen molar-refractivity contribution in [1.29, 1.82) is 0 Å². The zero-order chi connectivity index (χ0) is 13.0. The molecule has 0 spiro atoms. The SMILES string of the molecule is CC(C)N(CC1=CCCC=C1)C[C@H]1CCC[C@H]1C. The highest BCUT2D eigenvalue weighted by Gasteiger charge is 2.26. The van der Waals surface area contributed by atoms with Crippen molar-refractivity contribution in [1.82, 2.24) is 4.90 Å². The summed E-state index contributed by atoms with van der Waals surface area (Å²) in [5, 5.41) is 0. The Balaban J connectivity index is 1.91. The molecule has 1 saturated carbocycles. The molecule has 0 bridgehead atoms. The summed E-state index contributed by atoms with van der Waals surface area (Å²) in [6, 6.07) is 0.661. The Morgan fingerprint density at radius 3 is 2.67 bits per heavy atom. The van der Waals surface area contributed by atoms with Crippen molar-refractivity contribution in [2.75, 3.05) is 13.1 Å². The van der Waals surface area contributed by atoms with Gasteiger partial charge >= 0.3 is 0 Å². The van der Waals surface area contributed by atoms with Crippen LogP contribution in [0.15, 0.2) is 23.8 Å². The maximum absolute atomic E-state index is 2.67. The van der Waals surface area contributed by atoms with Gasteiger partial charge in [0.25, 0.3) is 0 Å². The largest absolute Gasteiger partial charge is 0.296 e. The van der Waals surface area contributed by atoms with Crippen LogP contribution in [0.1, 0.15) is 52.9 Å². The van der Waals surface area contributed by atoms with E-state index in [9.17, 15) is 0 Å². The summed E-state index contributed by atoms with van der Waals surface area (Å²) in [5.41, 5.74) is 1.53. The molecule has 102 valence electrons. The fourth-order valence-electron chi connectivity index (χ4n) is 3.27. The summed E-state index contributed by atoms with van der Waals surface area (Å²) in [5.74, 6) is 1.86. The Labute approximate surface area is 113 Å². The summed E-state index contributed by atoms with van der Waals surface area (Å²) in [7, 11) is 0. The predicted molar refractivity (Wildman–Crippen MR) is 79.7 cm³/mol. The van der Waals surface area contributed by atoms with Gasteiger partial charge in [-0.2, -0.15) is 0 Å². The van der Waals surface area contributed by atoms with Crippen molar-refractivity contribution >= 4 is 0 Å². The van der Waals surface area contributed by atoms with Crippen LogP contribution in [0.2, 0.25) is 0 Å². The topological polar surface area (TPSA) is 3.24 Å². The normalized spacial score (nSPS) is 28.2. The van der Waals surface area contributed by atoms with E-state index in [1.54, 1.807) is 0 Å². The highest BCUT2D eigenvalue weighted by Crippen LogP contribution is 2.32. The zero-order valence-corrected chi connectivity index (χ0v) is 12.4. The highest BCUT2D eigenvalue weighted by atomic mass is 15.1. The van der Waals surface area contributed by atoms with Gasteiger partial charge < -0.3 is 0 Å². The molecule has 0 aromatic heterocycles. The summed E-state index contributed by atoms with van der Waals surface area (Å²) < 4.78 is 0. The van der Waals surface area contributed by atoms with Crippen LogP contribution in [-0.2, 0) is 0 Å². The van der Waals surface area contributed by atoms with Crippen LogP contribution in [-0.4, -0.2) is 24.0 Å². The average molecular weight is 247 g/mol. The third-order valence-electron chi connectivity index (χ3n) is 4.70. The fourth-order valence-corrected chi connectivity index (χ4v) is 3.27. The first-order chi connectivity index (χ1) is 8.66. The van der Waals surface area contributed by atoms with Gasteiger partial charge in [0, 0.05) is 19.1 Å². The van der Waals surface area contributed by atoms with Crippen molar-refractivity contribution in [2.45, 2.75) is 58.9 Å². The number of nitrogens with zero attached hydrogens (tertiary/aromatic N) is 1. The lowest BCUT2D eigenvalue weighted by Crippen LogP contribution is -2.37. The van der Waals surface area contributed by atoms with Crippen molar-refractivity contribution < 1.29 is 0 Å². The molecule has 2 rings (SSSR count). The summed E-state index contributed by atoms with van der Waals surface area (Å²) in [6.07, 6.45) is 13.9. The van der Waals surface area contributed by atoms with Gasteiger partial charge in [-0.1, -0.05) is 38.0 Å². The molecule has 1 nitrogen and oxygen atoms in total. The third kappa shape index (κ3) is 3.71. The smallest absolute Gasteiger partial charge is 0.0233 e. The van der Waals surface area contributed by atoms with Crippen LogP contribution in [0.4, 0.5) is 0 Å². The molecule has 0 heterocycles. The van der Waals surface area contributed by atoms with Crippen LogP contribution >= 0.6 is 0 Å². The van der Waals surface area contributed by atoms with Gasteiger partial charge in [-0.3, -0.25) is 4.90 Å². The second-order valence-corrected chi connectivity index (χ2v) is 6.45. The molecule has 18 heavy (non-hydrogen) atoms. The van der Waals surface area contributed by atoms with Gasteiger partial charge in [-0.25, -0.2) is 0 Å². The molecule has 1 fully saturated rings. The van der Waals surface area contributed by atoms with E-state index in [1.165, 1.54) is 44.2 Å². The summed E-state index contributed by atoms with van der Waals surface area (Å²) >= 11 is 0. The van der Waals surface area contributed by atoms with Crippen LogP contribution in [0.5, 0.6) is 0 Å². The van der Waals surface area contributed by atoms with E-state index in [2.05, 4.69) is 43.9 Å². The van der Waals surface area contributed by atoms with Gasteiger partial charge in [0.15, 0.2) is 0 Å². The maximum atomic E-state index is 2.67. The van der Waals surface area contributed by atoms with Crippen molar-refractivity contribution in [3.8, 4) is 0 Å². The van der Waals surface area contributed by atoms with Gasteiger partial charge in [0.05, 0.1) is 0 Å². The molecule has 2 aliphatic rings. The first-order valence-electron chi connectivity index (χ1n) is 7.76. The van der Waals surface area contributed by atoms with Crippen LogP contribution in [0.3, 0.4) is 0 Å². The minimum absolute atomic E-state index is 0.661. The second-order valence-electron chi connectivity index (χ2n) is 6.45. The molecule has 2 atom stereocenters. The lowest BCUT2D eigenvalue weighted by molar-refractivity contribution is 0.186. The molecule has 0 aromatic carbocycles. The Kier molecular flexibility index (Phi) is 5.05. The summed E-state index contributed by atoms with van der Waals surface area (Å²) in [4.78, 5) is 2.67. The Hall–Kier alpha value is -0.560. The van der Waals surface area contributed by atoms with Gasteiger partial charge in [0.1, 0.15) is 0 Å². The van der Waals surface area contributed by atoms with Gasteiger partial charge in [0.2, 0.25) is 0 Å². The van der Waals surface area contributed by atoms with Gasteiger partial charge in [-0.05, 0) is 50.5 Å². The van der Waals surface area contributed by atoms with E-state index in [-0.39, 0.29) is 0 Å². The maximum Gasteiger partial charge on any atom is 0.0233 e.